The van der Waals surface area contributed by atoms with Crippen molar-refractivity contribution in [1.82, 2.24) is 4.72 Å². The monoisotopic (exact) mass is 158 g/mol. The highest BCUT2D eigenvalue weighted by Gasteiger charge is 2.14. The van der Waals surface area contributed by atoms with Crippen LogP contribution in [-0.2, 0) is 0 Å². The van der Waals surface area contributed by atoms with E-state index in [0.29, 0.717) is 0 Å². The highest BCUT2D eigenvalue weighted by molar-refractivity contribution is 7.78. The summed E-state index contributed by atoms with van der Waals surface area (Å²) in [4.78, 5) is 0. The van der Waals surface area contributed by atoms with Crippen molar-refractivity contribution in [3.63, 3.8) is 0 Å². The Balaban J connectivity index is 2.61. The third-order valence-corrected chi connectivity index (χ3v) is 2.25. The standard InChI is InChI=1S/C7H14N2S/c1-5-2-3-7(9-10)6(8)4-5/h5,9-10H,2-4,8H2,1H3. The minimum Gasteiger partial charge on any atom is -0.401 e. The van der Waals surface area contributed by atoms with Crippen molar-refractivity contribution < 1.29 is 0 Å². The van der Waals surface area contributed by atoms with E-state index in [2.05, 4.69) is 24.5 Å². The molecule has 0 amide bonds. The van der Waals surface area contributed by atoms with Crippen LogP contribution in [0.5, 0.6) is 0 Å². The Morgan fingerprint density at radius 3 is 2.90 bits per heavy atom. The number of nitrogens with two attached hydrogens (primary N) is 1. The van der Waals surface area contributed by atoms with E-state index in [4.69, 9.17) is 5.73 Å². The maximum absolute atomic E-state index is 5.75. The van der Waals surface area contributed by atoms with Crippen LogP contribution in [0, 0.1) is 5.92 Å². The van der Waals surface area contributed by atoms with E-state index in [1.807, 2.05) is 0 Å². The molecule has 0 aromatic carbocycles. The maximum atomic E-state index is 5.75. The number of thiol groups is 1. The van der Waals surface area contributed by atoms with Crippen molar-refractivity contribution in [2.45, 2.75) is 26.2 Å². The van der Waals surface area contributed by atoms with Gasteiger partial charge in [0.15, 0.2) is 0 Å². The second-order valence-electron chi connectivity index (χ2n) is 2.96. The Kier molecular flexibility index (Phi) is 2.49. The summed E-state index contributed by atoms with van der Waals surface area (Å²) in [6, 6.07) is 0. The summed E-state index contributed by atoms with van der Waals surface area (Å²) in [5.41, 5.74) is 7.84. The molecule has 10 heavy (non-hydrogen) atoms. The largest absolute Gasteiger partial charge is 0.401 e. The molecule has 0 aromatic heterocycles. The van der Waals surface area contributed by atoms with E-state index in [9.17, 15) is 0 Å². The summed E-state index contributed by atoms with van der Waals surface area (Å²) < 4.78 is 2.82. The Bertz CT molecular complexity index is 154. The van der Waals surface area contributed by atoms with Crippen molar-refractivity contribution in [3.05, 3.63) is 11.4 Å². The van der Waals surface area contributed by atoms with Crippen molar-refractivity contribution in [3.8, 4) is 0 Å². The summed E-state index contributed by atoms with van der Waals surface area (Å²) in [5, 5.41) is 0. The van der Waals surface area contributed by atoms with Crippen LogP contribution in [0.4, 0.5) is 0 Å². The lowest BCUT2D eigenvalue weighted by Crippen LogP contribution is -2.18. The van der Waals surface area contributed by atoms with Crippen molar-refractivity contribution in [2.75, 3.05) is 0 Å². The Morgan fingerprint density at radius 1 is 1.70 bits per heavy atom. The number of hydrogen-bond donors (Lipinski definition) is 3. The van der Waals surface area contributed by atoms with Crippen LogP contribution >= 0.6 is 12.8 Å². The first-order valence-corrected chi connectivity index (χ1v) is 4.06. The molecule has 3 N–H and O–H groups in total. The normalized spacial score (nSPS) is 26.8. The van der Waals surface area contributed by atoms with E-state index in [-0.39, 0.29) is 0 Å². The molecule has 0 spiro atoms. The van der Waals surface area contributed by atoms with Gasteiger partial charge in [0.05, 0.1) is 0 Å². The fourth-order valence-corrected chi connectivity index (χ4v) is 1.54. The van der Waals surface area contributed by atoms with Gasteiger partial charge in [0.1, 0.15) is 0 Å². The average molecular weight is 158 g/mol. The molecule has 1 unspecified atom stereocenters. The molecule has 3 heteroatoms. The molecule has 2 nitrogen and oxygen atoms in total. The zero-order valence-electron chi connectivity index (χ0n) is 6.22. The van der Waals surface area contributed by atoms with Gasteiger partial charge in [-0.05, 0) is 25.2 Å². The summed E-state index contributed by atoms with van der Waals surface area (Å²) in [6.45, 7) is 2.22. The van der Waals surface area contributed by atoms with Crippen LogP contribution in [0.1, 0.15) is 26.2 Å². The third kappa shape index (κ3) is 1.59. The van der Waals surface area contributed by atoms with Crippen LogP contribution in [0.3, 0.4) is 0 Å². The predicted octanol–water partition coefficient (Wildman–Crippen LogP) is 1.41. The first-order valence-electron chi connectivity index (χ1n) is 3.61. The lowest BCUT2D eigenvalue weighted by molar-refractivity contribution is 0.487. The molecule has 58 valence electrons. The van der Waals surface area contributed by atoms with Gasteiger partial charge >= 0.3 is 0 Å². The number of allylic oxidation sites excluding steroid dienone is 2. The molecule has 0 heterocycles. The Hall–Kier alpha value is -0.310. The zero-order chi connectivity index (χ0) is 7.56. The third-order valence-electron chi connectivity index (χ3n) is 1.98. The minimum atomic E-state index is 0.741. The van der Waals surface area contributed by atoms with E-state index in [1.54, 1.807) is 0 Å². The van der Waals surface area contributed by atoms with Gasteiger partial charge in [-0.1, -0.05) is 19.7 Å². The fraction of sp³-hybridized carbons (Fsp3) is 0.714. The van der Waals surface area contributed by atoms with Gasteiger partial charge in [0.2, 0.25) is 0 Å². The SMILES string of the molecule is CC1CCC(NS)=C(N)C1. The zero-order valence-corrected chi connectivity index (χ0v) is 7.12. The number of hydrogen-bond acceptors (Lipinski definition) is 3. The highest BCUT2D eigenvalue weighted by atomic mass is 32.1. The van der Waals surface area contributed by atoms with E-state index in [0.717, 1.165) is 30.2 Å². The molecule has 1 rings (SSSR count). The molecule has 0 saturated heterocycles. The van der Waals surface area contributed by atoms with Crippen molar-refractivity contribution in [1.29, 1.82) is 0 Å². The molecule has 0 bridgehead atoms. The molecule has 0 radical (unpaired) electrons. The average Bonchev–Trinajstić information content (AvgIpc) is 1.88. The molecule has 1 atom stereocenters. The topological polar surface area (TPSA) is 38.0 Å². The summed E-state index contributed by atoms with van der Waals surface area (Å²) in [6.07, 6.45) is 3.29. The van der Waals surface area contributed by atoms with Gasteiger partial charge in [-0.2, -0.15) is 0 Å². The van der Waals surface area contributed by atoms with E-state index < -0.39 is 0 Å². The molecule has 0 fully saturated rings. The summed E-state index contributed by atoms with van der Waals surface area (Å²) in [5.74, 6) is 0.741. The minimum absolute atomic E-state index is 0.741. The Morgan fingerprint density at radius 2 is 2.40 bits per heavy atom. The lowest BCUT2D eigenvalue weighted by Gasteiger charge is -2.21. The first kappa shape index (κ1) is 7.79. The lowest BCUT2D eigenvalue weighted by atomic mass is 9.92. The van der Waals surface area contributed by atoms with Crippen LogP contribution in [0.2, 0.25) is 0 Å². The van der Waals surface area contributed by atoms with Gasteiger partial charge in [-0.15, -0.1) is 0 Å². The van der Waals surface area contributed by atoms with Crippen LogP contribution in [-0.4, -0.2) is 0 Å². The number of rotatable bonds is 1. The van der Waals surface area contributed by atoms with Crippen LogP contribution in [0.25, 0.3) is 0 Å². The van der Waals surface area contributed by atoms with Gasteiger partial charge < -0.3 is 10.5 Å². The number of nitrogens with one attached hydrogen (secondary N) is 1. The predicted molar refractivity (Wildman–Crippen MR) is 46.4 cm³/mol. The first-order chi connectivity index (χ1) is 4.74. The smallest absolute Gasteiger partial charge is 0.0395 e. The van der Waals surface area contributed by atoms with Crippen molar-refractivity contribution >= 4 is 12.8 Å². The molecule has 0 aromatic rings. The highest BCUT2D eigenvalue weighted by Crippen LogP contribution is 2.24. The molecular formula is C7H14N2S. The van der Waals surface area contributed by atoms with Gasteiger partial charge in [0.25, 0.3) is 0 Å². The Labute approximate surface area is 67.4 Å². The van der Waals surface area contributed by atoms with Crippen LogP contribution in [0.15, 0.2) is 11.4 Å². The molecular weight excluding hydrogens is 144 g/mol. The van der Waals surface area contributed by atoms with E-state index in [1.165, 1.54) is 6.42 Å². The quantitative estimate of drug-likeness (QED) is 0.505. The second kappa shape index (κ2) is 3.19. The van der Waals surface area contributed by atoms with Gasteiger partial charge in [-0.25, -0.2) is 0 Å². The maximum Gasteiger partial charge on any atom is 0.0395 e. The fourth-order valence-electron chi connectivity index (χ4n) is 1.28. The van der Waals surface area contributed by atoms with E-state index >= 15 is 0 Å². The summed E-state index contributed by atoms with van der Waals surface area (Å²) in [7, 11) is 0. The van der Waals surface area contributed by atoms with Gasteiger partial charge in [0, 0.05) is 11.4 Å². The summed E-state index contributed by atoms with van der Waals surface area (Å²) >= 11 is 3.96. The van der Waals surface area contributed by atoms with Crippen LogP contribution < -0.4 is 10.5 Å². The molecule has 0 saturated carbocycles. The molecule has 1 aliphatic rings. The molecule has 0 aliphatic heterocycles. The van der Waals surface area contributed by atoms with Gasteiger partial charge in [-0.3, -0.25) is 0 Å². The molecule has 1 aliphatic carbocycles. The second-order valence-corrected chi connectivity index (χ2v) is 3.19. The van der Waals surface area contributed by atoms with Crippen molar-refractivity contribution in [2.24, 2.45) is 11.7 Å².